The largest absolute Gasteiger partial charge is 0.467 e. The van der Waals surface area contributed by atoms with Crippen molar-refractivity contribution in [3.63, 3.8) is 0 Å². The Morgan fingerprint density at radius 3 is 2.86 bits per heavy atom. The van der Waals surface area contributed by atoms with Gasteiger partial charge in [-0.25, -0.2) is 0 Å². The van der Waals surface area contributed by atoms with Crippen LogP contribution in [0.5, 0.6) is 0 Å². The van der Waals surface area contributed by atoms with Crippen LogP contribution in [0.2, 0.25) is 0 Å². The Morgan fingerprint density at radius 1 is 1.48 bits per heavy atom. The molecule has 7 nitrogen and oxygen atoms in total. The van der Waals surface area contributed by atoms with Gasteiger partial charge in [0.2, 0.25) is 17.7 Å². The zero-order valence-electron chi connectivity index (χ0n) is 12.2. The van der Waals surface area contributed by atoms with Crippen molar-refractivity contribution < 1.29 is 18.8 Å². The quantitative estimate of drug-likeness (QED) is 0.827. The van der Waals surface area contributed by atoms with E-state index in [1.54, 1.807) is 26.2 Å². The van der Waals surface area contributed by atoms with E-state index < -0.39 is 6.04 Å². The van der Waals surface area contributed by atoms with Crippen LogP contribution in [0.15, 0.2) is 22.8 Å². The molecule has 2 heterocycles. The molecule has 1 aromatic heterocycles. The van der Waals surface area contributed by atoms with Gasteiger partial charge in [-0.3, -0.25) is 14.4 Å². The van der Waals surface area contributed by atoms with E-state index in [9.17, 15) is 14.4 Å². The van der Waals surface area contributed by atoms with E-state index in [2.05, 4.69) is 5.32 Å². The average Bonchev–Trinajstić information content (AvgIpc) is 3.07. The lowest BCUT2D eigenvalue weighted by atomic mass is 10.2. The highest BCUT2D eigenvalue weighted by molar-refractivity contribution is 5.92. The number of nitrogens with zero attached hydrogens (tertiary/aromatic N) is 2. The predicted molar refractivity (Wildman–Crippen MR) is 74.0 cm³/mol. The van der Waals surface area contributed by atoms with E-state index in [1.807, 2.05) is 0 Å². The number of likely N-dealkylation sites (tertiary alicyclic amines) is 1. The second-order valence-electron chi connectivity index (χ2n) is 5.16. The number of hydrogen-bond acceptors (Lipinski definition) is 4. The van der Waals surface area contributed by atoms with E-state index in [0.717, 1.165) is 0 Å². The summed E-state index contributed by atoms with van der Waals surface area (Å²) >= 11 is 0. The monoisotopic (exact) mass is 293 g/mol. The maximum Gasteiger partial charge on any atom is 0.243 e. The van der Waals surface area contributed by atoms with Crippen LogP contribution in [0.1, 0.15) is 18.6 Å². The lowest BCUT2D eigenvalue weighted by molar-refractivity contribution is -0.137. The Bertz CT molecular complexity index is 524. The lowest BCUT2D eigenvalue weighted by Crippen LogP contribution is -2.46. The minimum absolute atomic E-state index is 0.0644. The fourth-order valence-corrected chi connectivity index (χ4v) is 2.21. The van der Waals surface area contributed by atoms with Crippen LogP contribution in [0, 0.1) is 0 Å². The van der Waals surface area contributed by atoms with Crippen molar-refractivity contribution in [1.29, 1.82) is 0 Å². The molecule has 1 aliphatic rings. The SMILES string of the molecule is CN(C)C(=O)CNC(=O)[C@H]1CCC(=O)N1Cc1ccco1. The van der Waals surface area contributed by atoms with Crippen molar-refractivity contribution in [3.05, 3.63) is 24.2 Å². The molecule has 3 amide bonds. The predicted octanol–water partition coefficient (Wildman–Crippen LogP) is -0.0250. The molecule has 114 valence electrons. The van der Waals surface area contributed by atoms with E-state index in [-0.39, 0.29) is 30.8 Å². The number of likely N-dealkylation sites (N-methyl/N-ethyl adjacent to an activating group) is 1. The van der Waals surface area contributed by atoms with E-state index in [1.165, 1.54) is 16.1 Å². The summed E-state index contributed by atoms with van der Waals surface area (Å²) < 4.78 is 5.22. The van der Waals surface area contributed by atoms with Gasteiger partial charge in [-0.1, -0.05) is 0 Å². The van der Waals surface area contributed by atoms with Gasteiger partial charge in [-0.15, -0.1) is 0 Å². The van der Waals surface area contributed by atoms with Crippen molar-refractivity contribution in [1.82, 2.24) is 15.1 Å². The molecular formula is C14H19N3O4. The first kappa shape index (κ1) is 15.1. The molecule has 21 heavy (non-hydrogen) atoms. The van der Waals surface area contributed by atoms with Gasteiger partial charge in [0.15, 0.2) is 0 Å². The molecule has 0 saturated carbocycles. The molecule has 1 aromatic rings. The standard InChI is InChI=1S/C14H19N3O4/c1-16(2)13(19)8-15-14(20)11-5-6-12(18)17(11)9-10-4-3-7-21-10/h3-4,7,11H,5-6,8-9H2,1-2H3,(H,15,20)/t11-/m1/s1. The first-order valence-corrected chi connectivity index (χ1v) is 6.78. The molecule has 1 aliphatic heterocycles. The molecular weight excluding hydrogens is 274 g/mol. The molecule has 0 aromatic carbocycles. The van der Waals surface area contributed by atoms with Gasteiger partial charge < -0.3 is 19.5 Å². The minimum atomic E-state index is -0.544. The molecule has 0 bridgehead atoms. The summed E-state index contributed by atoms with van der Waals surface area (Å²) in [4.78, 5) is 38.4. The Hall–Kier alpha value is -2.31. The zero-order valence-corrected chi connectivity index (χ0v) is 12.2. The highest BCUT2D eigenvalue weighted by Crippen LogP contribution is 2.21. The van der Waals surface area contributed by atoms with Crippen molar-refractivity contribution in [2.45, 2.75) is 25.4 Å². The molecule has 0 radical (unpaired) electrons. The van der Waals surface area contributed by atoms with Crippen LogP contribution in [0.25, 0.3) is 0 Å². The molecule has 0 aliphatic carbocycles. The second-order valence-corrected chi connectivity index (χ2v) is 5.16. The first-order chi connectivity index (χ1) is 9.99. The third kappa shape index (κ3) is 3.62. The third-order valence-electron chi connectivity index (χ3n) is 3.45. The van der Waals surface area contributed by atoms with Crippen molar-refractivity contribution in [3.8, 4) is 0 Å². The van der Waals surface area contributed by atoms with Crippen LogP contribution >= 0.6 is 0 Å². The van der Waals surface area contributed by atoms with Gasteiger partial charge in [0.05, 0.1) is 19.4 Å². The minimum Gasteiger partial charge on any atom is -0.467 e. The topological polar surface area (TPSA) is 82.9 Å². The number of nitrogens with one attached hydrogen (secondary N) is 1. The number of furan rings is 1. The van der Waals surface area contributed by atoms with Crippen LogP contribution in [-0.2, 0) is 20.9 Å². The molecule has 1 saturated heterocycles. The van der Waals surface area contributed by atoms with Crippen LogP contribution in [-0.4, -0.2) is 54.2 Å². The number of amides is 3. The highest BCUT2D eigenvalue weighted by atomic mass is 16.3. The Labute approximate surface area is 122 Å². The summed E-state index contributed by atoms with van der Waals surface area (Å²) in [5.74, 6) is 0.0609. The summed E-state index contributed by atoms with van der Waals surface area (Å²) in [6.07, 6.45) is 2.32. The Kier molecular flexibility index (Phi) is 4.62. The van der Waals surface area contributed by atoms with Crippen molar-refractivity contribution in [2.75, 3.05) is 20.6 Å². The summed E-state index contributed by atoms with van der Waals surface area (Å²) in [7, 11) is 3.24. The Morgan fingerprint density at radius 2 is 2.24 bits per heavy atom. The number of rotatable bonds is 5. The molecule has 1 fully saturated rings. The summed E-state index contributed by atoms with van der Waals surface area (Å²) in [5.41, 5.74) is 0. The van der Waals surface area contributed by atoms with Gasteiger partial charge in [0.1, 0.15) is 11.8 Å². The Balaban J connectivity index is 1.95. The molecule has 0 unspecified atom stereocenters. The van der Waals surface area contributed by atoms with Crippen molar-refractivity contribution in [2.24, 2.45) is 0 Å². The van der Waals surface area contributed by atoms with Gasteiger partial charge in [-0.2, -0.15) is 0 Å². The van der Waals surface area contributed by atoms with E-state index in [0.29, 0.717) is 18.6 Å². The summed E-state index contributed by atoms with van der Waals surface area (Å²) in [6.45, 7) is 0.205. The van der Waals surface area contributed by atoms with E-state index in [4.69, 9.17) is 4.42 Å². The maximum atomic E-state index is 12.2. The highest BCUT2D eigenvalue weighted by Gasteiger charge is 2.36. The maximum absolute atomic E-state index is 12.2. The van der Waals surface area contributed by atoms with E-state index >= 15 is 0 Å². The molecule has 2 rings (SSSR count). The molecule has 1 atom stereocenters. The van der Waals surface area contributed by atoms with Gasteiger partial charge >= 0.3 is 0 Å². The smallest absolute Gasteiger partial charge is 0.243 e. The zero-order chi connectivity index (χ0) is 15.4. The van der Waals surface area contributed by atoms with Crippen LogP contribution in [0.4, 0.5) is 0 Å². The second kappa shape index (κ2) is 6.43. The van der Waals surface area contributed by atoms with Gasteiger partial charge in [0.25, 0.3) is 0 Å². The van der Waals surface area contributed by atoms with Crippen LogP contribution in [0.3, 0.4) is 0 Å². The fraction of sp³-hybridized carbons (Fsp3) is 0.500. The number of hydrogen-bond donors (Lipinski definition) is 1. The lowest BCUT2D eigenvalue weighted by Gasteiger charge is -2.23. The third-order valence-corrected chi connectivity index (χ3v) is 3.45. The molecule has 1 N–H and O–H groups in total. The average molecular weight is 293 g/mol. The first-order valence-electron chi connectivity index (χ1n) is 6.78. The normalized spacial score (nSPS) is 17.9. The van der Waals surface area contributed by atoms with Crippen LogP contribution < -0.4 is 5.32 Å². The summed E-state index contributed by atoms with van der Waals surface area (Å²) in [5, 5.41) is 2.58. The van der Waals surface area contributed by atoms with Gasteiger partial charge in [-0.05, 0) is 18.6 Å². The number of carbonyl (C=O) groups excluding carboxylic acids is 3. The molecule has 0 spiro atoms. The van der Waals surface area contributed by atoms with Gasteiger partial charge in [0, 0.05) is 20.5 Å². The number of carbonyl (C=O) groups is 3. The fourth-order valence-electron chi connectivity index (χ4n) is 2.21. The summed E-state index contributed by atoms with van der Waals surface area (Å²) in [6, 6.07) is 2.95. The molecule has 7 heteroatoms. The van der Waals surface area contributed by atoms with Crippen molar-refractivity contribution >= 4 is 17.7 Å².